The molecule has 4 rings (SSSR count). The minimum absolute atomic E-state index is 0.825. The molecule has 25 heavy (non-hydrogen) atoms. The summed E-state index contributed by atoms with van der Waals surface area (Å²) in [7, 11) is 0. The van der Waals surface area contributed by atoms with Crippen molar-refractivity contribution in [3.8, 4) is 5.75 Å². The maximum absolute atomic E-state index is 5.77. The van der Waals surface area contributed by atoms with E-state index in [2.05, 4.69) is 35.2 Å². The van der Waals surface area contributed by atoms with Gasteiger partial charge in [-0.05, 0) is 61.1 Å². The highest BCUT2D eigenvalue weighted by Crippen LogP contribution is 2.50. The van der Waals surface area contributed by atoms with Crippen LogP contribution in [0.3, 0.4) is 0 Å². The predicted molar refractivity (Wildman–Crippen MR) is 103 cm³/mol. The van der Waals surface area contributed by atoms with Crippen LogP contribution in [-0.4, -0.2) is 31.1 Å². The van der Waals surface area contributed by atoms with Crippen LogP contribution >= 0.6 is 0 Å². The Bertz CT molecular complexity index is 636. The van der Waals surface area contributed by atoms with E-state index in [4.69, 9.17) is 4.74 Å². The molecule has 2 nitrogen and oxygen atoms in total. The first-order valence-corrected chi connectivity index (χ1v) is 9.83. The molecule has 0 bridgehead atoms. The second kappa shape index (κ2) is 8.05. The molecule has 0 N–H and O–H groups in total. The molecule has 2 heteroatoms. The molecular formula is C23H29NO. The summed E-state index contributed by atoms with van der Waals surface area (Å²) in [5.41, 5.74) is 1.56. The summed E-state index contributed by atoms with van der Waals surface area (Å²) in [6.45, 7) is 4.60. The van der Waals surface area contributed by atoms with E-state index in [-0.39, 0.29) is 0 Å². The molecule has 0 unspecified atom stereocenters. The lowest BCUT2D eigenvalue weighted by atomic mass is 9.92. The van der Waals surface area contributed by atoms with Crippen LogP contribution in [0.2, 0.25) is 0 Å². The first kappa shape index (κ1) is 16.7. The maximum atomic E-state index is 5.77. The zero-order valence-electron chi connectivity index (χ0n) is 15.0. The first-order valence-electron chi connectivity index (χ1n) is 9.83. The first-order chi connectivity index (χ1) is 12.4. The van der Waals surface area contributed by atoms with Gasteiger partial charge in [-0.15, -0.1) is 0 Å². The molecule has 2 atom stereocenters. The molecule has 2 fully saturated rings. The quantitative estimate of drug-likeness (QED) is 0.600. The Kier molecular flexibility index (Phi) is 5.37. The average Bonchev–Trinajstić information content (AvgIpc) is 3.40. The van der Waals surface area contributed by atoms with Crippen molar-refractivity contribution in [1.82, 2.24) is 4.90 Å². The summed E-state index contributed by atoms with van der Waals surface area (Å²) in [5.74, 6) is 3.73. The second-order valence-electron chi connectivity index (χ2n) is 7.73. The number of nitrogens with zero attached hydrogens (tertiary/aromatic N) is 1. The van der Waals surface area contributed by atoms with Gasteiger partial charge < -0.3 is 9.64 Å². The number of para-hydroxylation sites is 1. The van der Waals surface area contributed by atoms with Gasteiger partial charge in [-0.2, -0.15) is 0 Å². The van der Waals surface area contributed by atoms with E-state index in [1.807, 2.05) is 30.3 Å². The standard InChI is InChI=1S/C23H29NO/c1-3-8-20(9-4-1)23-16-21(23)13-12-19-17-24(18-19)14-7-15-25-22-10-5-2-6-11-22/h1-6,8-11,19,21,23H,7,12-18H2/t21-,23+/m1/s1. The van der Waals surface area contributed by atoms with Crippen molar-refractivity contribution in [2.75, 3.05) is 26.2 Å². The monoisotopic (exact) mass is 335 g/mol. The highest BCUT2D eigenvalue weighted by Gasteiger charge is 2.38. The van der Waals surface area contributed by atoms with Gasteiger partial charge in [0, 0.05) is 19.6 Å². The number of hydrogen-bond acceptors (Lipinski definition) is 2. The van der Waals surface area contributed by atoms with Crippen molar-refractivity contribution in [3.05, 3.63) is 66.2 Å². The Balaban J connectivity index is 1.05. The SMILES string of the molecule is c1ccc(OCCCN2CC(CC[C@@H]3C[C@H]3c3ccccc3)C2)cc1. The van der Waals surface area contributed by atoms with E-state index < -0.39 is 0 Å². The van der Waals surface area contributed by atoms with Gasteiger partial charge >= 0.3 is 0 Å². The molecule has 1 heterocycles. The molecule has 2 aromatic rings. The van der Waals surface area contributed by atoms with Crippen molar-refractivity contribution >= 4 is 0 Å². The van der Waals surface area contributed by atoms with Crippen molar-refractivity contribution in [3.63, 3.8) is 0 Å². The van der Waals surface area contributed by atoms with Crippen LogP contribution in [0, 0.1) is 11.8 Å². The fraction of sp³-hybridized carbons (Fsp3) is 0.478. The number of hydrogen-bond donors (Lipinski definition) is 0. The lowest BCUT2D eigenvalue weighted by Gasteiger charge is -2.39. The van der Waals surface area contributed by atoms with Gasteiger partial charge in [0.2, 0.25) is 0 Å². The van der Waals surface area contributed by atoms with Gasteiger partial charge in [0.25, 0.3) is 0 Å². The van der Waals surface area contributed by atoms with Crippen molar-refractivity contribution in [2.45, 2.75) is 31.6 Å². The normalized spacial score (nSPS) is 23.2. The van der Waals surface area contributed by atoms with E-state index in [1.165, 1.54) is 38.9 Å². The van der Waals surface area contributed by atoms with Crippen LogP contribution in [-0.2, 0) is 0 Å². The lowest BCUT2D eigenvalue weighted by Crippen LogP contribution is -2.47. The minimum Gasteiger partial charge on any atom is -0.494 e. The summed E-state index contributed by atoms with van der Waals surface area (Å²) < 4.78 is 5.77. The van der Waals surface area contributed by atoms with Crippen LogP contribution in [0.1, 0.15) is 37.2 Å². The van der Waals surface area contributed by atoms with Gasteiger partial charge in [0.15, 0.2) is 0 Å². The Labute approximate surface area is 151 Å². The molecule has 2 aromatic carbocycles. The van der Waals surface area contributed by atoms with Crippen molar-refractivity contribution in [2.24, 2.45) is 11.8 Å². The highest BCUT2D eigenvalue weighted by molar-refractivity contribution is 5.25. The van der Waals surface area contributed by atoms with Crippen molar-refractivity contribution in [1.29, 1.82) is 0 Å². The smallest absolute Gasteiger partial charge is 0.119 e. The van der Waals surface area contributed by atoms with E-state index >= 15 is 0 Å². The zero-order valence-corrected chi connectivity index (χ0v) is 15.0. The van der Waals surface area contributed by atoms with E-state index in [0.29, 0.717) is 0 Å². The van der Waals surface area contributed by atoms with Crippen LogP contribution in [0.4, 0.5) is 0 Å². The summed E-state index contributed by atoms with van der Waals surface area (Å²) in [4.78, 5) is 2.58. The van der Waals surface area contributed by atoms with Gasteiger partial charge in [-0.1, -0.05) is 48.5 Å². The zero-order chi connectivity index (χ0) is 16.9. The Morgan fingerprint density at radius 3 is 2.36 bits per heavy atom. The fourth-order valence-electron chi connectivity index (χ4n) is 4.16. The number of benzene rings is 2. The van der Waals surface area contributed by atoms with E-state index in [1.54, 1.807) is 5.56 Å². The Morgan fingerprint density at radius 2 is 1.60 bits per heavy atom. The van der Waals surface area contributed by atoms with Gasteiger partial charge in [-0.25, -0.2) is 0 Å². The Hall–Kier alpha value is -1.80. The predicted octanol–water partition coefficient (Wildman–Crippen LogP) is 4.97. The van der Waals surface area contributed by atoms with Crippen molar-refractivity contribution < 1.29 is 4.74 Å². The molecule has 1 aliphatic carbocycles. The van der Waals surface area contributed by atoms with Crippen LogP contribution in [0.15, 0.2) is 60.7 Å². The highest BCUT2D eigenvalue weighted by atomic mass is 16.5. The van der Waals surface area contributed by atoms with Gasteiger partial charge in [0.1, 0.15) is 5.75 Å². The number of likely N-dealkylation sites (tertiary alicyclic amines) is 1. The topological polar surface area (TPSA) is 12.5 Å². The third kappa shape index (κ3) is 4.64. The van der Waals surface area contributed by atoms with Crippen LogP contribution in [0.25, 0.3) is 0 Å². The molecule has 0 radical (unpaired) electrons. The third-order valence-corrected chi connectivity index (χ3v) is 5.76. The molecule has 0 spiro atoms. The van der Waals surface area contributed by atoms with E-state index in [9.17, 15) is 0 Å². The van der Waals surface area contributed by atoms with Crippen LogP contribution < -0.4 is 4.74 Å². The summed E-state index contributed by atoms with van der Waals surface area (Å²) in [5, 5.41) is 0. The molecule has 2 aliphatic rings. The summed E-state index contributed by atoms with van der Waals surface area (Å²) in [6, 6.07) is 21.2. The third-order valence-electron chi connectivity index (χ3n) is 5.76. The Morgan fingerprint density at radius 1 is 0.880 bits per heavy atom. The average molecular weight is 335 g/mol. The maximum Gasteiger partial charge on any atom is 0.119 e. The van der Waals surface area contributed by atoms with Gasteiger partial charge in [0.05, 0.1) is 6.61 Å². The van der Waals surface area contributed by atoms with Gasteiger partial charge in [-0.3, -0.25) is 0 Å². The largest absolute Gasteiger partial charge is 0.494 e. The fourth-order valence-corrected chi connectivity index (χ4v) is 4.16. The summed E-state index contributed by atoms with van der Waals surface area (Å²) in [6.07, 6.45) is 5.39. The van der Waals surface area contributed by atoms with Crippen LogP contribution in [0.5, 0.6) is 5.75 Å². The van der Waals surface area contributed by atoms with E-state index in [0.717, 1.165) is 36.5 Å². The molecule has 0 aromatic heterocycles. The molecule has 0 amide bonds. The molecule has 1 aliphatic heterocycles. The second-order valence-corrected chi connectivity index (χ2v) is 7.73. The number of rotatable bonds is 9. The molecular weight excluding hydrogens is 306 g/mol. The molecule has 1 saturated heterocycles. The number of ether oxygens (including phenoxy) is 1. The summed E-state index contributed by atoms with van der Waals surface area (Å²) >= 11 is 0. The molecule has 132 valence electrons. The molecule has 1 saturated carbocycles. The lowest BCUT2D eigenvalue weighted by molar-refractivity contribution is 0.0851. The minimum atomic E-state index is 0.825.